The average molecular weight is 210 g/mol. The van der Waals surface area contributed by atoms with Crippen molar-refractivity contribution in [3.8, 4) is 0 Å². The van der Waals surface area contributed by atoms with Crippen molar-refractivity contribution in [2.45, 2.75) is 26.7 Å². The maximum Gasteiger partial charge on any atom is 0.228 e. The lowest BCUT2D eigenvalue weighted by atomic mass is 10.0. The van der Waals surface area contributed by atoms with Crippen molar-refractivity contribution < 1.29 is 4.79 Å². The first kappa shape index (κ1) is 11.6. The van der Waals surface area contributed by atoms with Gasteiger partial charge in [-0.3, -0.25) is 9.48 Å². The van der Waals surface area contributed by atoms with Gasteiger partial charge in [-0.05, 0) is 12.8 Å². The van der Waals surface area contributed by atoms with Gasteiger partial charge in [0.1, 0.15) is 0 Å². The van der Waals surface area contributed by atoms with E-state index in [9.17, 15) is 4.79 Å². The van der Waals surface area contributed by atoms with Gasteiger partial charge >= 0.3 is 0 Å². The first-order chi connectivity index (χ1) is 7.10. The van der Waals surface area contributed by atoms with Crippen LogP contribution < -0.4 is 11.1 Å². The molecule has 84 valence electrons. The smallest absolute Gasteiger partial charge is 0.228 e. The molecule has 0 saturated carbocycles. The molecular formula is C10H18N4O. The third kappa shape index (κ3) is 2.49. The standard InChI is InChI=1S/C10H18N4O/c1-4-7(5-2)10(15)13-9-8(11)6-12-14(9)3/h6-7H,4-5,11H2,1-3H3,(H,13,15). The number of hydrogen-bond donors (Lipinski definition) is 2. The topological polar surface area (TPSA) is 72.9 Å². The Kier molecular flexibility index (Phi) is 3.71. The second-order valence-electron chi connectivity index (χ2n) is 3.57. The van der Waals surface area contributed by atoms with Crippen LogP contribution in [0.15, 0.2) is 6.20 Å². The van der Waals surface area contributed by atoms with Crippen LogP contribution in [0.25, 0.3) is 0 Å². The molecule has 0 radical (unpaired) electrons. The molecule has 1 aromatic rings. The Hall–Kier alpha value is -1.52. The maximum absolute atomic E-state index is 11.8. The highest BCUT2D eigenvalue weighted by Gasteiger charge is 2.16. The van der Waals surface area contributed by atoms with Crippen LogP contribution in [0.5, 0.6) is 0 Å². The van der Waals surface area contributed by atoms with E-state index in [1.165, 1.54) is 6.20 Å². The van der Waals surface area contributed by atoms with E-state index in [0.29, 0.717) is 11.5 Å². The quantitative estimate of drug-likeness (QED) is 0.788. The number of nitrogens with zero attached hydrogens (tertiary/aromatic N) is 2. The van der Waals surface area contributed by atoms with Gasteiger partial charge in [0, 0.05) is 13.0 Å². The molecule has 0 unspecified atom stereocenters. The number of anilines is 2. The number of nitrogen functional groups attached to an aromatic ring is 1. The molecule has 0 fully saturated rings. The van der Waals surface area contributed by atoms with Crippen LogP contribution >= 0.6 is 0 Å². The number of carbonyl (C=O) groups is 1. The Morgan fingerprint density at radius 1 is 1.60 bits per heavy atom. The van der Waals surface area contributed by atoms with Crippen molar-refractivity contribution in [3.63, 3.8) is 0 Å². The van der Waals surface area contributed by atoms with Gasteiger partial charge in [-0.2, -0.15) is 5.10 Å². The third-order valence-electron chi connectivity index (χ3n) is 2.57. The highest BCUT2D eigenvalue weighted by molar-refractivity contribution is 5.94. The van der Waals surface area contributed by atoms with E-state index in [0.717, 1.165) is 12.8 Å². The van der Waals surface area contributed by atoms with E-state index in [-0.39, 0.29) is 11.8 Å². The average Bonchev–Trinajstić information content (AvgIpc) is 2.51. The predicted molar refractivity (Wildman–Crippen MR) is 60.3 cm³/mol. The fourth-order valence-electron chi connectivity index (χ4n) is 1.49. The molecule has 5 nitrogen and oxygen atoms in total. The van der Waals surface area contributed by atoms with Crippen molar-refractivity contribution in [2.24, 2.45) is 13.0 Å². The second-order valence-corrected chi connectivity index (χ2v) is 3.57. The maximum atomic E-state index is 11.8. The molecule has 15 heavy (non-hydrogen) atoms. The van der Waals surface area contributed by atoms with Crippen LogP contribution in [-0.4, -0.2) is 15.7 Å². The molecule has 0 saturated heterocycles. The zero-order chi connectivity index (χ0) is 11.4. The number of aryl methyl sites for hydroxylation is 1. The molecule has 0 aromatic carbocycles. The molecule has 1 aromatic heterocycles. The fraction of sp³-hybridized carbons (Fsp3) is 0.600. The normalized spacial score (nSPS) is 10.7. The van der Waals surface area contributed by atoms with Gasteiger partial charge in [0.2, 0.25) is 5.91 Å². The van der Waals surface area contributed by atoms with Crippen LogP contribution in [-0.2, 0) is 11.8 Å². The number of nitrogens with two attached hydrogens (primary N) is 1. The first-order valence-electron chi connectivity index (χ1n) is 5.18. The van der Waals surface area contributed by atoms with Crippen LogP contribution in [0.4, 0.5) is 11.5 Å². The van der Waals surface area contributed by atoms with Gasteiger partial charge in [0.25, 0.3) is 0 Å². The third-order valence-corrected chi connectivity index (χ3v) is 2.57. The van der Waals surface area contributed by atoms with Gasteiger partial charge in [0.15, 0.2) is 5.82 Å². The number of rotatable bonds is 4. The van der Waals surface area contributed by atoms with Crippen molar-refractivity contribution in [1.29, 1.82) is 0 Å². The molecule has 1 amide bonds. The van der Waals surface area contributed by atoms with Crippen LogP contribution in [0.1, 0.15) is 26.7 Å². The lowest BCUT2D eigenvalue weighted by Gasteiger charge is -2.13. The monoisotopic (exact) mass is 210 g/mol. The first-order valence-corrected chi connectivity index (χ1v) is 5.18. The summed E-state index contributed by atoms with van der Waals surface area (Å²) >= 11 is 0. The Morgan fingerprint density at radius 3 is 2.60 bits per heavy atom. The summed E-state index contributed by atoms with van der Waals surface area (Å²) in [4.78, 5) is 11.8. The second kappa shape index (κ2) is 4.82. The summed E-state index contributed by atoms with van der Waals surface area (Å²) in [5, 5.41) is 6.75. The van der Waals surface area contributed by atoms with E-state index >= 15 is 0 Å². The van der Waals surface area contributed by atoms with Crippen molar-refractivity contribution in [2.75, 3.05) is 11.1 Å². The minimum absolute atomic E-state index is 0.00954. The lowest BCUT2D eigenvalue weighted by Crippen LogP contribution is -2.23. The molecule has 5 heteroatoms. The number of amides is 1. The van der Waals surface area contributed by atoms with E-state index < -0.39 is 0 Å². The molecule has 3 N–H and O–H groups in total. The Morgan fingerprint density at radius 2 is 2.20 bits per heavy atom. The number of carbonyl (C=O) groups excluding carboxylic acids is 1. The van der Waals surface area contributed by atoms with Gasteiger partial charge in [-0.25, -0.2) is 0 Å². The number of nitrogens with one attached hydrogen (secondary N) is 1. The lowest BCUT2D eigenvalue weighted by molar-refractivity contribution is -0.120. The van der Waals surface area contributed by atoms with E-state index in [2.05, 4.69) is 10.4 Å². The Labute approximate surface area is 89.6 Å². The van der Waals surface area contributed by atoms with Crippen molar-refractivity contribution in [3.05, 3.63) is 6.20 Å². The van der Waals surface area contributed by atoms with E-state index in [1.807, 2.05) is 13.8 Å². The summed E-state index contributed by atoms with van der Waals surface area (Å²) in [7, 11) is 1.75. The van der Waals surface area contributed by atoms with Gasteiger partial charge in [0.05, 0.1) is 11.9 Å². The van der Waals surface area contributed by atoms with Crippen molar-refractivity contribution in [1.82, 2.24) is 9.78 Å². The van der Waals surface area contributed by atoms with Gasteiger partial charge in [-0.15, -0.1) is 0 Å². The van der Waals surface area contributed by atoms with E-state index in [4.69, 9.17) is 5.73 Å². The van der Waals surface area contributed by atoms with Gasteiger partial charge < -0.3 is 11.1 Å². The molecular weight excluding hydrogens is 192 g/mol. The van der Waals surface area contributed by atoms with Crippen LogP contribution in [0.2, 0.25) is 0 Å². The van der Waals surface area contributed by atoms with E-state index in [1.54, 1.807) is 11.7 Å². The molecule has 0 spiro atoms. The molecule has 0 atom stereocenters. The summed E-state index contributed by atoms with van der Waals surface area (Å²) in [6.45, 7) is 4.00. The summed E-state index contributed by atoms with van der Waals surface area (Å²) in [5.74, 6) is 0.626. The molecule has 1 heterocycles. The Balaban J connectivity index is 2.74. The zero-order valence-electron chi connectivity index (χ0n) is 9.45. The molecule has 1 rings (SSSR count). The molecule has 0 bridgehead atoms. The molecule has 0 aliphatic rings. The summed E-state index contributed by atoms with van der Waals surface area (Å²) in [5.41, 5.74) is 6.17. The van der Waals surface area contributed by atoms with Crippen LogP contribution in [0.3, 0.4) is 0 Å². The summed E-state index contributed by atoms with van der Waals surface area (Å²) < 4.78 is 1.57. The Bertz CT molecular complexity index is 322. The highest BCUT2D eigenvalue weighted by atomic mass is 16.2. The minimum atomic E-state index is 0.00954. The highest BCUT2D eigenvalue weighted by Crippen LogP contribution is 2.18. The minimum Gasteiger partial charge on any atom is -0.394 e. The predicted octanol–water partition coefficient (Wildman–Crippen LogP) is 1.38. The van der Waals surface area contributed by atoms with Crippen molar-refractivity contribution >= 4 is 17.4 Å². The number of aromatic nitrogens is 2. The SMILES string of the molecule is CCC(CC)C(=O)Nc1c(N)cnn1C. The summed E-state index contributed by atoms with van der Waals surface area (Å²) in [6.07, 6.45) is 3.20. The fourth-order valence-corrected chi connectivity index (χ4v) is 1.49. The molecule has 0 aliphatic heterocycles. The largest absolute Gasteiger partial charge is 0.394 e. The zero-order valence-corrected chi connectivity index (χ0v) is 9.45. The van der Waals surface area contributed by atoms with Crippen LogP contribution in [0, 0.1) is 5.92 Å². The van der Waals surface area contributed by atoms with Gasteiger partial charge in [-0.1, -0.05) is 13.8 Å². The molecule has 0 aliphatic carbocycles. The number of hydrogen-bond acceptors (Lipinski definition) is 3. The summed E-state index contributed by atoms with van der Waals surface area (Å²) in [6, 6.07) is 0.